The molecule has 1 rings (SSSR count). The van der Waals surface area contributed by atoms with Crippen LogP contribution in [-0.4, -0.2) is 5.78 Å². The molecule has 3 atom stereocenters. The Morgan fingerprint density at radius 1 is 1.42 bits per heavy atom. The normalized spacial score (nSPS) is 37.9. The van der Waals surface area contributed by atoms with Crippen molar-refractivity contribution in [2.45, 2.75) is 46.5 Å². The van der Waals surface area contributed by atoms with Crippen LogP contribution in [0.3, 0.4) is 0 Å². The molecule has 1 aliphatic rings. The van der Waals surface area contributed by atoms with Gasteiger partial charge in [-0.05, 0) is 24.2 Å². The summed E-state index contributed by atoms with van der Waals surface area (Å²) in [4.78, 5) is 11.3. The van der Waals surface area contributed by atoms with E-state index in [0.717, 1.165) is 31.1 Å². The first-order chi connectivity index (χ1) is 5.65. The van der Waals surface area contributed by atoms with Crippen LogP contribution in [0.5, 0.6) is 0 Å². The summed E-state index contributed by atoms with van der Waals surface area (Å²) in [5.74, 6) is 2.60. The van der Waals surface area contributed by atoms with Gasteiger partial charge in [0.2, 0.25) is 0 Å². The number of hydrogen-bond donors (Lipinski definition) is 0. The van der Waals surface area contributed by atoms with Crippen LogP contribution in [0.15, 0.2) is 0 Å². The fourth-order valence-electron chi connectivity index (χ4n) is 2.30. The largest absolute Gasteiger partial charge is 0.300 e. The fourth-order valence-corrected chi connectivity index (χ4v) is 2.30. The van der Waals surface area contributed by atoms with Crippen molar-refractivity contribution in [3.63, 3.8) is 0 Å². The van der Waals surface area contributed by atoms with E-state index in [1.54, 1.807) is 0 Å². The van der Waals surface area contributed by atoms with E-state index in [0.29, 0.717) is 11.7 Å². The van der Waals surface area contributed by atoms with Crippen LogP contribution in [0.1, 0.15) is 46.5 Å². The van der Waals surface area contributed by atoms with E-state index in [4.69, 9.17) is 0 Å². The van der Waals surface area contributed by atoms with E-state index in [1.807, 2.05) is 0 Å². The minimum Gasteiger partial charge on any atom is -0.300 e. The zero-order chi connectivity index (χ0) is 9.14. The monoisotopic (exact) mass is 168 g/mol. The Hall–Kier alpha value is -0.330. The van der Waals surface area contributed by atoms with Gasteiger partial charge in [0.15, 0.2) is 0 Å². The molecule has 70 valence electrons. The van der Waals surface area contributed by atoms with Gasteiger partial charge in [-0.2, -0.15) is 0 Å². The fraction of sp³-hybridized carbons (Fsp3) is 0.909. The van der Waals surface area contributed by atoms with Crippen LogP contribution in [0.4, 0.5) is 0 Å². The summed E-state index contributed by atoms with van der Waals surface area (Å²) < 4.78 is 0. The number of Topliss-reactive ketones (excluding diaryl/α,β-unsaturated/α-hetero) is 1. The summed E-state index contributed by atoms with van der Waals surface area (Å²) >= 11 is 0. The van der Waals surface area contributed by atoms with Crippen LogP contribution in [0.25, 0.3) is 0 Å². The van der Waals surface area contributed by atoms with Crippen molar-refractivity contribution in [2.75, 3.05) is 0 Å². The highest BCUT2D eigenvalue weighted by molar-refractivity contribution is 5.78. The molecule has 0 aliphatic heterocycles. The van der Waals surface area contributed by atoms with Gasteiger partial charge in [-0.1, -0.05) is 27.2 Å². The first-order valence-electron chi connectivity index (χ1n) is 5.16. The Balaban J connectivity index is 2.62. The topological polar surface area (TPSA) is 17.1 Å². The summed E-state index contributed by atoms with van der Waals surface area (Å²) in [5, 5.41) is 0. The highest BCUT2D eigenvalue weighted by Gasteiger charge is 2.27. The molecule has 1 fully saturated rings. The molecule has 0 saturated heterocycles. The standard InChI is InChI=1S/C11H20O/c1-4-10-5-6-11(12)7-8(2)9(10)3/h8-10H,4-7H2,1-3H3. The van der Waals surface area contributed by atoms with Crippen LogP contribution in [0.2, 0.25) is 0 Å². The summed E-state index contributed by atoms with van der Waals surface area (Å²) in [5.41, 5.74) is 0. The molecule has 1 saturated carbocycles. The summed E-state index contributed by atoms with van der Waals surface area (Å²) in [7, 11) is 0. The number of ketones is 1. The van der Waals surface area contributed by atoms with Crippen molar-refractivity contribution >= 4 is 5.78 Å². The van der Waals surface area contributed by atoms with Crippen molar-refractivity contribution in [1.29, 1.82) is 0 Å². The van der Waals surface area contributed by atoms with Crippen LogP contribution >= 0.6 is 0 Å². The third kappa shape index (κ3) is 2.09. The molecule has 0 radical (unpaired) electrons. The predicted octanol–water partition coefficient (Wildman–Crippen LogP) is 3.04. The van der Waals surface area contributed by atoms with E-state index >= 15 is 0 Å². The maximum Gasteiger partial charge on any atom is 0.133 e. The Morgan fingerprint density at radius 2 is 2.08 bits per heavy atom. The second kappa shape index (κ2) is 4.06. The Kier molecular flexibility index (Phi) is 3.30. The van der Waals surface area contributed by atoms with Crippen LogP contribution in [0, 0.1) is 17.8 Å². The molecule has 0 N–H and O–H groups in total. The van der Waals surface area contributed by atoms with Crippen molar-refractivity contribution in [3.05, 3.63) is 0 Å². The van der Waals surface area contributed by atoms with E-state index in [9.17, 15) is 4.79 Å². The molecule has 0 aromatic heterocycles. The van der Waals surface area contributed by atoms with Gasteiger partial charge in [0.05, 0.1) is 0 Å². The Morgan fingerprint density at radius 3 is 2.67 bits per heavy atom. The molecule has 0 spiro atoms. The minimum atomic E-state index is 0.477. The lowest BCUT2D eigenvalue weighted by Crippen LogP contribution is -2.16. The molecule has 0 amide bonds. The number of rotatable bonds is 1. The summed E-state index contributed by atoms with van der Waals surface area (Å²) in [6.45, 7) is 6.76. The number of carbonyl (C=O) groups is 1. The van der Waals surface area contributed by atoms with Gasteiger partial charge in [-0.25, -0.2) is 0 Å². The highest BCUT2D eigenvalue weighted by atomic mass is 16.1. The molecular formula is C11H20O. The highest BCUT2D eigenvalue weighted by Crippen LogP contribution is 2.33. The lowest BCUT2D eigenvalue weighted by atomic mass is 9.81. The van der Waals surface area contributed by atoms with Crippen LogP contribution in [-0.2, 0) is 4.79 Å². The molecule has 1 aliphatic carbocycles. The SMILES string of the molecule is CCC1CCC(=O)CC(C)C1C. The van der Waals surface area contributed by atoms with Gasteiger partial charge < -0.3 is 0 Å². The molecule has 12 heavy (non-hydrogen) atoms. The third-order valence-corrected chi connectivity index (χ3v) is 3.51. The molecule has 0 aromatic carbocycles. The van der Waals surface area contributed by atoms with E-state index in [1.165, 1.54) is 6.42 Å². The van der Waals surface area contributed by atoms with E-state index in [2.05, 4.69) is 20.8 Å². The zero-order valence-corrected chi connectivity index (χ0v) is 8.47. The van der Waals surface area contributed by atoms with E-state index in [-0.39, 0.29) is 0 Å². The van der Waals surface area contributed by atoms with Crippen molar-refractivity contribution < 1.29 is 4.79 Å². The van der Waals surface area contributed by atoms with Gasteiger partial charge >= 0.3 is 0 Å². The second-order valence-corrected chi connectivity index (χ2v) is 4.29. The van der Waals surface area contributed by atoms with Gasteiger partial charge in [0, 0.05) is 12.8 Å². The van der Waals surface area contributed by atoms with Crippen molar-refractivity contribution in [1.82, 2.24) is 0 Å². The van der Waals surface area contributed by atoms with Crippen molar-refractivity contribution in [3.8, 4) is 0 Å². The maximum atomic E-state index is 11.3. The first kappa shape index (κ1) is 9.76. The molecule has 0 heterocycles. The Labute approximate surface area is 75.5 Å². The van der Waals surface area contributed by atoms with Gasteiger partial charge in [-0.3, -0.25) is 4.79 Å². The number of carbonyl (C=O) groups excluding carboxylic acids is 1. The maximum absolute atomic E-state index is 11.3. The van der Waals surface area contributed by atoms with Crippen LogP contribution < -0.4 is 0 Å². The summed E-state index contributed by atoms with van der Waals surface area (Å²) in [6.07, 6.45) is 4.00. The quantitative estimate of drug-likeness (QED) is 0.550. The van der Waals surface area contributed by atoms with Gasteiger partial charge in [-0.15, -0.1) is 0 Å². The second-order valence-electron chi connectivity index (χ2n) is 4.29. The lowest BCUT2D eigenvalue weighted by Gasteiger charge is -2.24. The van der Waals surface area contributed by atoms with Gasteiger partial charge in [0.25, 0.3) is 0 Å². The molecule has 0 aromatic rings. The molecule has 1 heteroatoms. The minimum absolute atomic E-state index is 0.477. The first-order valence-corrected chi connectivity index (χ1v) is 5.16. The Bertz CT molecular complexity index is 162. The van der Waals surface area contributed by atoms with Gasteiger partial charge in [0.1, 0.15) is 5.78 Å². The zero-order valence-electron chi connectivity index (χ0n) is 8.47. The average molecular weight is 168 g/mol. The summed E-state index contributed by atoms with van der Waals surface area (Å²) in [6, 6.07) is 0. The smallest absolute Gasteiger partial charge is 0.133 e. The van der Waals surface area contributed by atoms with Crippen molar-refractivity contribution in [2.24, 2.45) is 17.8 Å². The van der Waals surface area contributed by atoms with E-state index < -0.39 is 0 Å². The molecular weight excluding hydrogens is 148 g/mol. The lowest BCUT2D eigenvalue weighted by molar-refractivity contribution is -0.119. The molecule has 1 nitrogen and oxygen atoms in total. The number of hydrogen-bond acceptors (Lipinski definition) is 1. The molecule has 0 bridgehead atoms. The third-order valence-electron chi connectivity index (χ3n) is 3.51. The molecule has 3 unspecified atom stereocenters. The average Bonchev–Trinajstić information content (AvgIpc) is 2.14. The predicted molar refractivity (Wildman–Crippen MR) is 51.0 cm³/mol.